The van der Waals surface area contributed by atoms with Crippen LogP contribution in [0.25, 0.3) is 10.8 Å². The zero-order chi connectivity index (χ0) is 22.0. The molecule has 2 unspecified atom stereocenters. The van der Waals surface area contributed by atoms with Crippen molar-refractivity contribution in [2.45, 2.75) is 29.2 Å². The smallest absolute Gasteiger partial charge is 0.335 e. The van der Waals surface area contributed by atoms with Crippen LogP contribution < -0.4 is 0 Å². The number of sulfonamides is 1. The molecule has 1 heterocycles. The highest BCUT2D eigenvalue weighted by Crippen LogP contribution is 2.30. The third-order valence-electron chi connectivity index (χ3n) is 5.42. The highest BCUT2D eigenvalue weighted by molar-refractivity contribution is 7.89. The summed E-state index contributed by atoms with van der Waals surface area (Å²) < 4.78 is 34.0. The minimum atomic E-state index is -3.70. The van der Waals surface area contributed by atoms with Crippen molar-refractivity contribution in [2.75, 3.05) is 13.2 Å². The van der Waals surface area contributed by atoms with E-state index in [9.17, 15) is 13.2 Å². The average Bonchev–Trinajstić information content (AvgIpc) is 3.15. The van der Waals surface area contributed by atoms with Gasteiger partial charge in [0.15, 0.2) is 0 Å². The number of benzene rings is 3. The predicted molar refractivity (Wildman–Crippen MR) is 122 cm³/mol. The van der Waals surface area contributed by atoms with Crippen LogP contribution in [0, 0.1) is 0 Å². The van der Waals surface area contributed by atoms with Crippen molar-refractivity contribution in [3.63, 3.8) is 0 Å². The van der Waals surface area contributed by atoms with Crippen molar-refractivity contribution in [3.05, 3.63) is 77.9 Å². The van der Waals surface area contributed by atoms with Crippen LogP contribution in [-0.2, 0) is 21.4 Å². The van der Waals surface area contributed by atoms with E-state index in [2.05, 4.69) is 12.6 Å². The zero-order valence-electron chi connectivity index (χ0n) is 16.7. The molecule has 6 nitrogen and oxygen atoms in total. The maximum absolute atomic E-state index is 13.4. The van der Waals surface area contributed by atoms with Gasteiger partial charge in [-0.05, 0) is 47.0 Å². The van der Waals surface area contributed by atoms with Crippen LogP contribution >= 0.6 is 12.6 Å². The molecule has 1 N–H and O–H groups in total. The number of hydrogen-bond acceptors (Lipinski definition) is 5. The molecule has 4 rings (SSSR count). The summed E-state index contributed by atoms with van der Waals surface area (Å²) in [6.45, 7) is 0.737. The Hall–Kier alpha value is -2.39. The molecule has 0 bridgehead atoms. The molecule has 1 aliphatic heterocycles. The molecule has 0 radical (unpaired) electrons. The van der Waals surface area contributed by atoms with E-state index < -0.39 is 16.0 Å². The standard InChI is InChI=1S/C23H23NO5S2/c25-23(26)19-7-3-4-16(10-19)14-29-15-20-12-21(30)13-24(20)31(27,28)22-9-8-17-5-1-2-6-18(17)11-22/h1-11,20-21,30H,12-15H2,(H,25,26). The molecule has 0 aromatic heterocycles. The van der Waals surface area contributed by atoms with Crippen LogP contribution in [0.2, 0.25) is 0 Å². The van der Waals surface area contributed by atoms with Crippen LogP contribution in [0.15, 0.2) is 71.6 Å². The van der Waals surface area contributed by atoms with E-state index in [1.54, 1.807) is 30.3 Å². The number of thiol groups is 1. The van der Waals surface area contributed by atoms with Crippen LogP contribution in [0.1, 0.15) is 22.3 Å². The molecule has 8 heteroatoms. The number of hydrogen-bond donors (Lipinski definition) is 2. The topological polar surface area (TPSA) is 83.9 Å². The summed E-state index contributed by atoms with van der Waals surface area (Å²) in [4.78, 5) is 11.4. The van der Waals surface area contributed by atoms with Gasteiger partial charge in [0.2, 0.25) is 10.0 Å². The number of carbonyl (C=O) groups is 1. The molecular formula is C23H23NO5S2. The molecule has 1 saturated heterocycles. The van der Waals surface area contributed by atoms with E-state index in [1.165, 1.54) is 10.4 Å². The Morgan fingerprint density at radius 2 is 1.84 bits per heavy atom. The molecule has 0 amide bonds. The molecule has 3 aromatic carbocycles. The molecule has 0 saturated carbocycles. The fourth-order valence-electron chi connectivity index (χ4n) is 3.88. The van der Waals surface area contributed by atoms with Crippen LogP contribution in [0.3, 0.4) is 0 Å². The summed E-state index contributed by atoms with van der Waals surface area (Å²) in [5.74, 6) is -0.997. The summed E-state index contributed by atoms with van der Waals surface area (Å²) in [6, 6.07) is 19.0. The number of carboxylic acid groups (broad SMARTS) is 1. The minimum Gasteiger partial charge on any atom is -0.478 e. The second-order valence-corrected chi connectivity index (χ2v) is 10.3. The Bertz CT molecular complexity index is 1210. The van der Waals surface area contributed by atoms with Gasteiger partial charge in [0.25, 0.3) is 0 Å². The second kappa shape index (κ2) is 9.00. The van der Waals surface area contributed by atoms with E-state index in [0.717, 1.165) is 16.3 Å². The van der Waals surface area contributed by atoms with Gasteiger partial charge < -0.3 is 9.84 Å². The van der Waals surface area contributed by atoms with Gasteiger partial charge >= 0.3 is 5.97 Å². The molecule has 0 spiro atoms. The van der Waals surface area contributed by atoms with Gasteiger partial charge in [0, 0.05) is 17.8 Å². The van der Waals surface area contributed by atoms with Gasteiger partial charge in [-0.25, -0.2) is 13.2 Å². The van der Waals surface area contributed by atoms with Crippen molar-refractivity contribution in [3.8, 4) is 0 Å². The number of rotatable bonds is 7. The molecule has 31 heavy (non-hydrogen) atoms. The molecular weight excluding hydrogens is 434 g/mol. The summed E-state index contributed by atoms with van der Waals surface area (Å²) in [6.07, 6.45) is 0.588. The van der Waals surface area contributed by atoms with Gasteiger partial charge in [0.1, 0.15) is 0 Å². The number of aromatic carboxylic acids is 1. The lowest BCUT2D eigenvalue weighted by Crippen LogP contribution is -2.38. The minimum absolute atomic E-state index is 0.0702. The maximum atomic E-state index is 13.4. The van der Waals surface area contributed by atoms with Gasteiger partial charge in [-0.3, -0.25) is 0 Å². The number of ether oxygens (including phenoxy) is 1. The van der Waals surface area contributed by atoms with E-state index in [-0.39, 0.29) is 35.0 Å². The van der Waals surface area contributed by atoms with Gasteiger partial charge in [0.05, 0.1) is 23.7 Å². The Kier molecular flexibility index (Phi) is 6.34. The van der Waals surface area contributed by atoms with Crippen molar-refractivity contribution < 1.29 is 23.1 Å². The largest absolute Gasteiger partial charge is 0.478 e. The normalized spacial score (nSPS) is 19.6. The number of nitrogens with zero attached hydrogens (tertiary/aromatic N) is 1. The van der Waals surface area contributed by atoms with Crippen LogP contribution in [0.4, 0.5) is 0 Å². The Morgan fingerprint density at radius 1 is 1.06 bits per heavy atom. The first kappa shape index (κ1) is 21.8. The highest BCUT2D eigenvalue weighted by atomic mass is 32.2. The maximum Gasteiger partial charge on any atom is 0.335 e. The average molecular weight is 458 g/mol. The van der Waals surface area contributed by atoms with E-state index in [4.69, 9.17) is 9.84 Å². The van der Waals surface area contributed by atoms with E-state index in [0.29, 0.717) is 13.0 Å². The number of carboxylic acids is 1. The Morgan fingerprint density at radius 3 is 2.61 bits per heavy atom. The Labute approximate surface area is 186 Å². The lowest BCUT2D eigenvalue weighted by Gasteiger charge is -2.24. The van der Waals surface area contributed by atoms with Crippen molar-refractivity contribution in [1.29, 1.82) is 0 Å². The quantitative estimate of drug-likeness (QED) is 0.527. The lowest BCUT2D eigenvalue weighted by atomic mass is 10.1. The van der Waals surface area contributed by atoms with Crippen molar-refractivity contribution >= 4 is 39.4 Å². The summed E-state index contributed by atoms with van der Waals surface area (Å²) in [7, 11) is -3.70. The summed E-state index contributed by atoms with van der Waals surface area (Å²) in [5, 5.41) is 10.9. The molecule has 1 fully saturated rings. The highest BCUT2D eigenvalue weighted by Gasteiger charge is 2.39. The fraction of sp³-hybridized carbons (Fsp3) is 0.261. The van der Waals surface area contributed by atoms with Gasteiger partial charge in [-0.1, -0.05) is 42.5 Å². The predicted octanol–water partition coefficient (Wildman–Crippen LogP) is 3.82. The zero-order valence-corrected chi connectivity index (χ0v) is 18.4. The SMILES string of the molecule is O=C(O)c1cccc(COCC2CC(S)CN2S(=O)(=O)c2ccc3ccccc3c2)c1. The third kappa shape index (κ3) is 4.77. The van der Waals surface area contributed by atoms with Crippen LogP contribution in [-0.4, -0.2) is 48.2 Å². The lowest BCUT2D eigenvalue weighted by molar-refractivity contribution is 0.0695. The Balaban J connectivity index is 1.49. The monoisotopic (exact) mass is 457 g/mol. The molecule has 0 aliphatic carbocycles. The molecule has 3 aromatic rings. The molecule has 162 valence electrons. The first-order valence-corrected chi connectivity index (χ1v) is 11.9. The van der Waals surface area contributed by atoms with Crippen molar-refractivity contribution in [1.82, 2.24) is 4.31 Å². The van der Waals surface area contributed by atoms with Gasteiger partial charge in [-0.2, -0.15) is 16.9 Å². The number of fused-ring (bicyclic) bond motifs is 1. The first-order chi connectivity index (χ1) is 14.8. The molecule has 1 aliphatic rings. The second-order valence-electron chi connectivity index (χ2n) is 7.65. The third-order valence-corrected chi connectivity index (χ3v) is 7.71. The fourth-order valence-corrected chi connectivity index (χ4v) is 6.11. The van der Waals surface area contributed by atoms with E-state index >= 15 is 0 Å². The first-order valence-electron chi connectivity index (χ1n) is 9.93. The summed E-state index contributed by atoms with van der Waals surface area (Å²) >= 11 is 4.52. The van der Waals surface area contributed by atoms with E-state index in [1.807, 2.05) is 30.3 Å². The summed E-state index contributed by atoms with van der Waals surface area (Å²) in [5.41, 5.74) is 0.919. The van der Waals surface area contributed by atoms with Crippen molar-refractivity contribution in [2.24, 2.45) is 0 Å². The molecule has 2 atom stereocenters. The van der Waals surface area contributed by atoms with Crippen LogP contribution in [0.5, 0.6) is 0 Å². The van der Waals surface area contributed by atoms with Gasteiger partial charge in [-0.15, -0.1) is 0 Å².